The Bertz CT molecular complexity index is 462. The van der Waals surface area contributed by atoms with E-state index in [2.05, 4.69) is 18.8 Å². The lowest BCUT2D eigenvalue weighted by Gasteiger charge is -2.02. The van der Waals surface area contributed by atoms with Crippen molar-refractivity contribution >= 4 is 11.1 Å². The third kappa shape index (κ3) is 1.96. The van der Waals surface area contributed by atoms with Crippen LogP contribution in [0, 0.1) is 0 Å². The van der Waals surface area contributed by atoms with Crippen molar-refractivity contribution < 1.29 is 9.52 Å². The highest BCUT2D eigenvalue weighted by Crippen LogP contribution is 2.26. The van der Waals surface area contributed by atoms with Gasteiger partial charge in [0.1, 0.15) is 11.3 Å². The largest absolute Gasteiger partial charge is 0.508 e. The molecule has 1 aromatic carbocycles. The molecule has 1 unspecified atom stereocenters. The molecule has 3 nitrogen and oxygen atoms in total. The zero-order valence-electron chi connectivity index (χ0n) is 9.03. The molecule has 15 heavy (non-hydrogen) atoms. The maximum absolute atomic E-state index is 9.29. The topological polar surface area (TPSA) is 46.3 Å². The van der Waals surface area contributed by atoms with Gasteiger partial charge >= 0.3 is 0 Å². The number of phenols is 1. The number of fused-ring (bicyclic) bond motifs is 1. The van der Waals surface area contributed by atoms with Crippen LogP contribution < -0.4 is 0 Å². The van der Waals surface area contributed by atoms with Crippen LogP contribution in [0.2, 0.25) is 0 Å². The molecule has 0 spiro atoms. The van der Waals surface area contributed by atoms with Gasteiger partial charge in [0, 0.05) is 12.0 Å². The lowest BCUT2D eigenvalue weighted by Crippen LogP contribution is -1.91. The molecule has 2 rings (SSSR count). The highest BCUT2D eigenvalue weighted by molar-refractivity contribution is 5.74. The fourth-order valence-electron chi connectivity index (χ4n) is 1.70. The van der Waals surface area contributed by atoms with E-state index in [0.717, 1.165) is 24.2 Å². The lowest BCUT2D eigenvalue weighted by molar-refractivity contribution is 0.460. The summed E-state index contributed by atoms with van der Waals surface area (Å²) >= 11 is 0. The zero-order valence-corrected chi connectivity index (χ0v) is 9.03. The van der Waals surface area contributed by atoms with E-state index in [1.54, 1.807) is 18.2 Å². The van der Waals surface area contributed by atoms with Crippen LogP contribution in [0.4, 0.5) is 0 Å². The van der Waals surface area contributed by atoms with E-state index in [4.69, 9.17) is 4.42 Å². The summed E-state index contributed by atoms with van der Waals surface area (Å²) in [5.74, 6) is 1.32. The molecule has 1 atom stereocenters. The van der Waals surface area contributed by atoms with Crippen LogP contribution in [0.25, 0.3) is 11.1 Å². The Hall–Kier alpha value is -1.51. The molecule has 1 N–H and O–H groups in total. The summed E-state index contributed by atoms with van der Waals surface area (Å²) in [5, 5.41) is 9.29. The van der Waals surface area contributed by atoms with Crippen molar-refractivity contribution in [2.24, 2.45) is 0 Å². The molecule has 0 bridgehead atoms. The molecule has 1 aromatic heterocycles. The number of aromatic hydroxyl groups is 1. The molecule has 0 saturated carbocycles. The van der Waals surface area contributed by atoms with Gasteiger partial charge in [0.2, 0.25) is 0 Å². The Morgan fingerprint density at radius 1 is 1.47 bits per heavy atom. The minimum atomic E-state index is 0.216. The van der Waals surface area contributed by atoms with Crippen molar-refractivity contribution in [3.8, 4) is 5.75 Å². The number of nitrogens with zero attached hydrogens (tertiary/aromatic N) is 1. The number of rotatable bonds is 3. The van der Waals surface area contributed by atoms with E-state index >= 15 is 0 Å². The zero-order chi connectivity index (χ0) is 10.8. The summed E-state index contributed by atoms with van der Waals surface area (Å²) in [6, 6.07) is 5.00. The van der Waals surface area contributed by atoms with Crippen molar-refractivity contribution in [3.63, 3.8) is 0 Å². The van der Waals surface area contributed by atoms with Crippen molar-refractivity contribution in [2.45, 2.75) is 32.6 Å². The van der Waals surface area contributed by atoms with Crippen LogP contribution in [-0.4, -0.2) is 10.1 Å². The van der Waals surface area contributed by atoms with Gasteiger partial charge in [0.05, 0.1) is 0 Å². The molecule has 0 amide bonds. The van der Waals surface area contributed by atoms with Gasteiger partial charge < -0.3 is 9.52 Å². The minimum Gasteiger partial charge on any atom is -0.508 e. The fourth-order valence-corrected chi connectivity index (χ4v) is 1.70. The van der Waals surface area contributed by atoms with Crippen molar-refractivity contribution in [3.05, 3.63) is 24.1 Å². The van der Waals surface area contributed by atoms with Gasteiger partial charge in [-0.3, -0.25) is 0 Å². The predicted molar refractivity (Wildman–Crippen MR) is 59.0 cm³/mol. The minimum absolute atomic E-state index is 0.216. The van der Waals surface area contributed by atoms with Crippen LogP contribution in [0.5, 0.6) is 5.75 Å². The molecule has 0 aliphatic rings. The average molecular weight is 205 g/mol. The smallest absolute Gasteiger partial charge is 0.198 e. The maximum atomic E-state index is 9.29. The van der Waals surface area contributed by atoms with Gasteiger partial charge in [-0.05, 0) is 18.6 Å². The Labute approximate surface area is 88.7 Å². The molecule has 0 aliphatic heterocycles. The summed E-state index contributed by atoms with van der Waals surface area (Å²) in [6.07, 6.45) is 2.18. The quantitative estimate of drug-likeness (QED) is 0.834. The summed E-state index contributed by atoms with van der Waals surface area (Å²) in [6.45, 7) is 4.25. The lowest BCUT2D eigenvalue weighted by atomic mass is 10.1. The summed E-state index contributed by atoms with van der Waals surface area (Å²) in [4.78, 5) is 4.39. The molecule has 3 heteroatoms. The van der Waals surface area contributed by atoms with Gasteiger partial charge in [0.15, 0.2) is 11.5 Å². The number of benzene rings is 1. The number of hydrogen-bond acceptors (Lipinski definition) is 3. The molecule has 0 fully saturated rings. The standard InChI is InChI=1S/C12H15NO2/c1-3-4-8(2)12-13-10-6-5-9(14)7-11(10)15-12/h5-8,14H,3-4H2,1-2H3. The molecule has 1 heterocycles. The summed E-state index contributed by atoms with van der Waals surface area (Å²) in [5.41, 5.74) is 1.47. The van der Waals surface area contributed by atoms with Crippen LogP contribution in [0.3, 0.4) is 0 Å². The van der Waals surface area contributed by atoms with E-state index in [0.29, 0.717) is 11.5 Å². The number of aromatic nitrogens is 1. The second-order valence-corrected chi connectivity index (χ2v) is 3.89. The van der Waals surface area contributed by atoms with Gasteiger partial charge in [-0.1, -0.05) is 20.3 Å². The first kappa shape index (κ1) is 10.0. The van der Waals surface area contributed by atoms with Gasteiger partial charge in [-0.2, -0.15) is 0 Å². The van der Waals surface area contributed by atoms with E-state index in [1.807, 2.05) is 0 Å². The predicted octanol–water partition coefficient (Wildman–Crippen LogP) is 3.44. The number of oxazole rings is 1. The molecular weight excluding hydrogens is 190 g/mol. The first-order valence-electron chi connectivity index (χ1n) is 5.30. The third-order valence-electron chi connectivity index (χ3n) is 2.53. The van der Waals surface area contributed by atoms with Gasteiger partial charge in [-0.15, -0.1) is 0 Å². The van der Waals surface area contributed by atoms with E-state index in [1.165, 1.54) is 0 Å². The normalized spacial score (nSPS) is 13.2. The number of hydrogen-bond donors (Lipinski definition) is 1. The van der Waals surface area contributed by atoms with E-state index in [-0.39, 0.29) is 5.75 Å². The highest BCUT2D eigenvalue weighted by atomic mass is 16.3. The molecule has 0 saturated heterocycles. The Morgan fingerprint density at radius 2 is 2.27 bits per heavy atom. The molecular formula is C12H15NO2. The Balaban J connectivity index is 2.38. The SMILES string of the molecule is CCCC(C)c1nc2ccc(O)cc2o1. The Morgan fingerprint density at radius 3 is 3.00 bits per heavy atom. The van der Waals surface area contributed by atoms with Gasteiger partial charge in [-0.25, -0.2) is 4.98 Å². The van der Waals surface area contributed by atoms with Crippen LogP contribution in [0.1, 0.15) is 38.5 Å². The van der Waals surface area contributed by atoms with E-state index < -0.39 is 0 Å². The monoisotopic (exact) mass is 205 g/mol. The fraction of sp³-hybridized carbons (Fsp3) is 0.417. The number of phenolic OH excluding ortho intramolecular Hbond substituents is 1. The summed E-state index contributed by atoms with van der Waals surface area (Å²) in [7, 11) is 0. The third-order valence-corrected chi connectivity index (χ3v) is 2.53. The first-order chi connectivity index (χ1) is 7.20. The van der Waals surface area contributed by atoms with E-state index in [9.17, 15) is 5.11 Å². The van der Waals surface area contributed by atoms with Gasteiger partial charge in [0.25, 0.3) is 0 Å². The Kier molecular flexibility index (Phi) is 2.62. The second-order valence-electron chi connectivity index (χ2n) is 3.89. The molecule has 2 aromatic rings. The van der Waals surface area contributed by atoms with Crippen LogP contribution >= 0.6 is 0 Å². The second kappa shape index (κ2) is 3.93. The molecule has 0 aliphatic carbocycles. The molecule has 0 radical (unpaired) electrons. The average Bonchev–Trinajstić information content (AvgIpc) is 2.60. The van der Waals surface area contributed by atoms with Crippen LogP contribution in [0.15, 0.2) is 22.6 Å². The van der Waals surface area contributed by atoms with Crippen molar-refractivity contribution in [1.82, 2.24) is 4.98 Å². The molecule has 80 valence electrons. The highest BCUT2D eigenvalue weighted by Gasteiger charge is 2.12. The van der Waals surface area contributed by atoms with Crippen LogP contribution in [-0.2, 0) is 0 Å². The first-order valence-corrected chi connectivity index (χ1v) is 5.30. The maximum Gasteiger partial charge on any atom is 0.198 e. The van der Waals surface area contributed by atoms with Crippen molar-refractivity contribution in [1.29, 1.82) is 0 Å². The van der Waals surface area contributed by atoms with Crippen molar-refractivity contribution in [2.75, 3.05) is 0 Å². The summed E-state index contributed by atoms with van der Waals surface area (Å²) < 4.78 is 5.59.